The number of ether oxygens (including phenoxy) is 1. The van der Waals surface area contributed by atoms with Gasteiger partial charge in [-0.05, 0) is 32.2 Å². The van der Waals surface area contributed by atoms with Crippen LogP contribution in [0.4, 0.5) is 6.01 Å². The Hall–Kier alpha value is -1.96. The fraction of sp³-hybridized carbons (Fsp3) is 0.692. The highest BCUT2D eigenvalue weighted by Gasteiger charge is 2.33. The van der Waals surface area contributed by atoms with E-state index in [2.05, 4.69) is 15.5 Å². The molecule has 0 bridgehead atoms. The first-order valence-corrected chi connectivity index (χ1v) is 7.12. The first-order valence-electron chi connectivity index (χ1n) is 7.12. The van der Waals surface area contributed by atoms with Crippen LogP contribution < -0.4 is 5.32 Å². The summed E-state index contributed by atoms with van der Waals surface area (Å²) in [6.07, 6.45) is 3.71. The standard InChI is InChI=1S/C13H18N4O4/c1-20-12(19)9-3-2-6-17(9)7-10(18)14-13-16-15-11(21-13)8-4-5-8/h8-9H,2-7H2,1H3,(H,14,16,18). The third kappa shape index (κ3) is 3.21. The Bertz CT molecular complexity index is 540. The lowest BCUT2D eigenvalue weighted by Gasteiger charge is -2.20. The van der Waals surface area contributed by atoms with Gasteiger partial charge in [-0.15, -0.1) is 5.10 Å². The zero-order chi connectivity index (χ0) is 14.8. The van der Waals surface area contributed by atoms with Crippen LogP contribution in [-0.2, 0) is 14.3 Å². The van der Waals surface area contributed by atoms with Crippen molar-refractivity contribution >= 4 is 17.9 Å². The molecular formula is C13H18N4O4. The number of nitrogens with zero attached hydrogens (tertiary/aromatic N) is 3. The smallest absolute Gasteiger partial charge is 0.323 e. The molecule has 1 saturated carbocycles. The third-order valence-corrected chi connectivity index (χ3v) is 3.80. The minimum atomic E-state index is -0.342. The highest BCUT2D eigenvalue weighted by Crippen LogP contribution is 2.39. The topological polar surface area (TPSA) is 97.6 Å². The van der Waals surface area contributed by atoms with Gasteiger partial charge in [-0.1, -0.05) is 5.10 Å². The number of methoxy groups -OCH3 is 1. The minimum absolute atomic E-state index is 0.112. The fourth-order valence-corrected chi connectivity index (χ4v) is 2.54. The molecule has 1 amide bonds. The molecule has 1 aliphatic carbocycles. The maximum absolute atomic E-state index is 12.0. The van der Waals surface area contributed by atoms with Crippen LogP contribution in [0.3, 0.4) is 0 Å². The zero-order valence-electron chi connectivity index (χ0n) is 11.9. The summed E-state index contributed by atoms with van der Waals surface area (Å²) in [5.41, 5.74) is 0. The van der Waals surface area contributed by atoms with Gasteiger partial charge in [0.25, 0.3) is 0 Å². The van der Waals surface area contributed by atoms with E-state index in [1.807, 2.05) is 0 Å². The number of aromatic nitrogens is 2. The summed E-state index contributed by atoms with van der Waals surface area (Å²) in [4.78, 5) is 25.4. The summed E-state index contributed by atoms with van der Waals surface area (Å²) in [5, 5.41) is 10.3. The SMILES string of the molecule is COC(=O)C1CCCN1CC(=O)Nc1nnc(C2CC2)o1. The molecule has 2 heterocycles. The van der Waals surface area contributed by atoms with Gasteiger partial charge in [0.15, 0.2) is 0 Å². The van der Waals surface area contributed by atoms with Gasteiger partial charge < -0.3 is 9.15 Å². The quantitative estimate of drug-likeness (QED) is 0.791. The Morgan fingerprint density at radius 1 is 1.38 bits per heavy atom. The molecular weight excluding hydrogens is 276 g/mol. The van der Waals surface area contributed by atoms with Gasteiger partial charge in [-0.25, -0.2) is 0 Å². The second kappa shape index (κ2) is 5.80. The van der Waals surface area contributed by atoms with Crippen LogP contribution in [0.5, 0.6) is 0 Å². The number of esters is 1. The molecule has 2 aliphatic rings. The molecule has 1 saturated heterocycles. The fourth-order valence-electron chi connectivity index (χ4n) is 2.54. The van der Waals surface area contributed by atoms with Crippen LogP contribution in [0, 0.1) is 0 Å². The summed E-state index contributed by atoms with van der Waals surface area (Å²) < 4.78 is 10.1. The average molecular weight is 294 g/mol. The van der Waals surface area contributed by atoms with E-state index in [0.29, 0.717) is 24.8 Å². The van der Waals surface area contributed by atoms with Crippen molar-refractivity contribution in [2.24, 2.45) is 0 Å². The van der Waals surface area contributed by atoms with Crippen LogP contribution >= 0.6 is 0 Å². The van der Waals surface area contributed by atoms with Gasteiger partial charge in [-0.3, -0.25) is 19.8 Å². The number of nitrogens with one attached hydrogen (secondary N) is 1. The average Bonchev–Trinajstić information content (AvgIpc) is 3.05. The van der Waals surface area contributed by atoms with Crippen molar-refractivity contribution in [3.8, 4) is 0 Å². The normalized spacial score (nSPS) is 22.2. The summed E-state index contributed by atoms with van der Waals surface area (Å²) in [6, 6.07) is -0.221. The Labute approximate surface area is 121 Å². The maximum atomic E-state index is 12.0. The van der Waals surface area contributed by atoms with E-state index >= 15 is 0 Å². The number of hydrogen-bond donors (Lipinski definition) is 1. The lowest BCUT2D eigenvalue weighted by molar-refractivity contribution is -0.146. The van der Waals surface area contributed by atoms with Crippen molar-refractivity contribution in [2.75, 3.05) is 25.5 Å². The van der Waals surface area contributed by atoms with Crippen molar-refractivity contribution < 1.29 is 18.7 Å². The molecule has 0 radical (unpaired) electrons. The number of rotatable bonds is 5. The van der Waals surface area contributed by atoms with E-state index in [0.717, 1.165) is 19.3 Å². The molecule has 1 aromatic heterocycles. The lowest BCUT2D eigenvalue weighted by Crippen LogP contribution is -2.41. The number of likely N-dealkylation sites (tertiary alicyclic amines) is 1. The Morgan fingerprint density at radius 2 is 2.19 bits per heavy atom. The van der Waals surface area contributed by atoms with Gasteiger partial charge >= 0.3 is 12.0 Å². The highest BCUT2D eigenvalue weighted by atomic mass is 16.5. The van der Waals surface area contributed by atoms with E-state index in [4.69, 9.17) is 9.15 Å². The van der Waals surface area contributed by atoms with E-state index in [1.54, 1.807) is 4.90 Å². The van der Waals surface area contributed by atoms with Gasteiger partial charge in [-0.2, -0.15) is 0 Å². The second-order valence-electron chi connectivity index (χ2n) is 5.42. The van der Waals surface area contributed by atoms with E-state index in [-0.39, 0.29) is 30.5 Å². The Balaban J connectivity index is 1.54. The predicted octanol–water partition coefficient (Wildman–Crippen LogP) is 0.523. The molecule has 114 valence electrons. The molecule has 3 rings (SSSR count). The monoisotopic (exact) mass is 294 g/mol. The molecule has 1 aliphatic heterocycles. The first-order chi connectivity index (χ1) is 10.2. The molecule has 0 spiro atoms. The van der Waals surface area contributed by atoms with Crippen LogP contribution in [0.25, 0.3) is 0 Å². The summed E-state index contributed by atoms with van der Waals surface area (Å²) in [7, 11) is 1.36. The molecule has 1 unspecified atom stereocenters. The molecule has 1 N–H and O–H groups in total. The van der Waals surface area contributed by atoms with Crippen molar-refractivity contribution in [1.29, 1.82) is 0 Å². The summed E-state index contributed by atoms with van der Waals surface area (Å²) >= 11 is 0. The van der Waals surface area contributed by atoms with Crippen molar-refractivity contribution in [2.45, 2.75) is 37.6 Å². The van der Waals surface area contributed by atoms with Gasteiger partial charge in [0.2, 0.25) is 11.8 Å². The van der Waals surface area contributed by atoms with Crippen molar-refractivity contribution in [3.63, 3.8) is 0 Å². The van der Waals surface area contributed by atoms with Crippen LogP contribution in [0.15, 0.2) is 4.42 Å². The molecule has 8 heteroatoms. The predicted molar refractivity (Wildman–Crippen MR) is 71.5 cm³/mol. The van der Waals surface area contributed by atoms with Crippen molar-refractivity contribution in [1.82, 2.24) is 15.1 Å². The number of hydrogen-bond acceptors (Lipinski definition) is 7. The molecule has 21 heavy (non-hydrogen) atoms. The van der Waals surface area contributed by atoms with Crippen LogP contribution in [0.1, 0.15) is 37.5 Å². The number of amides is 1. The summed E-state index contributed by atoms with van der Waals surface area (Å²) in [6.45, 7) is 0.811. The maximum Gasteiger partial charge on any atom is 0.323 e. The summed E-state index contributed by atoms with van der Waals surface area (Å²) in [5.74, 6) is 0.371. The molecule has 1 aromatic rings. The molecule has 8 nitrogen and oxygen atoms in total. The molecule has 1 atom stereocenters. The van der Waals surface area contributed by atoms with Crippen molar-refractivity contribution in [3.05, 3.63) is 5.89 Å². The highest BCUT2D eigenvalue weighted by molar-refractivity contribution is 5.90. The zero-order valence-corrected chi connectivity index (χ0v) is 11.9. The third-order valence-electron chi connectivity index (χ3n) is 3.80. The van der Waals surface area contributed by atoms with Gasteiger partial charge in [0.1, 0.15) is 6.04 Å². The number of carbonyl (C=O) groups excluding carboxylic acids is 2. The Kier molecular flexibility index (Phi) is 3.87. The van der Waals surface area contributed by atoms with E-state index in [9.17, 15) is 9.59 Å². The minimum Gasteiger partial charge on any atom is -0.468 e. The van der Waals surface area contributed by atoms with E-state index < -0.39 is 0 Å². The van der Waals surface area contributed by atoms with Crippen LogP contribution in [-0.4, -0.2) is 53.2 Å². The number of carbonyl (C=O) groups is 2. The molecule has 2 fully saturated rings. The second-order valence-corrected chi connectivity index (χ2v) is 5.42. The number of anilines is 1. The van der Waals surface area contributed by atoms with Gasteiger partial charge in [0.05, 0.1) is 13.7 Å². The first kappa shape index (κ1) is 14.0. The largest absolute Gasteiger partial charge is 0.468 e. The lowest BCUT2D eigenvalue weighted by atomic mass is 10.2. The Morgan fingerprint density at radius 3 is 2.90 bits per heavy atom. The van der Waals surface area contributed by atoms with Gasteiger partial charge in [0, 0.05) is 5.92 Å². The molecule has 0 aromatic carbocycles. The van der Waals surface area contributed by atoms with Crippen LogP contribution in [0.2, 0.25) is 0 Å². The van der Waals surface area contributed by atoms with E-state index in [1.165, 1.54) is 7.11 Å².